The monoisotopic (exact) mass is 189 g/mol. The molecule has 1 spiro atoms. The summed E-state index contributed by atoms with van der Waals surface area (Å²) in [4.78, 5) is 0. The van der Waals surface area contributed by atoms with Crippen LogP contribution < -0.4 is 10.1 Å². The Morgan fingerprint density at radius 2 is 2.21 bits per heavy atom. The highest BCUT2D eigenvalue weighted by Gasteiger charge is 2.44. The third-order valence-electron chi connectivity index (χ3n) is 3.28. The first-order valence-electron chi connectivity index (χ1n) is 5.25. The molecule has 1 N–H and O–H groups in total. The van der Waals surface area contributed by atoms with E-state index in [-0.39, 0.29) is 0 Å². The highest BCUT2D eigenvalue weighted by molar-refractivity contribution is 5.59. The van der Waals surface area contributed by atoms with Crippen molar-refractivity contribution in [3.8, 4) is 5.75 Å². The van der Waals surface area contributed by atoms with Crippen LogP contribution in [-0.2, 0) is 0 Å². The summed E-state index contributed by atoms with van der Waals surface area (Å²) in [7, 11) is 0. The number of aryl methyl sites for hydroxylation is 1. The van der Waals surface area contributed by atoms with Crippen LogP contribution in [0, 0.1) is 12.3 Å². The first kappa shape index (κ1) is 8.16. The van der Waals surface area contributed by atoms with Gasteiger partial charge in [0.15, 0.2) is 0 Å². The fraction of sp³-hybridized carbons (Fsp3) is 0.500. The number of fused-ring (bicyclic) bond motifs is 1. The van der Waals surface area contributed by atoms with Gasteiger partial charge < -0.3 is 10.1 Å². The van der Waals surface area contributed by atoms with E-state index in [9.17, 15) is 0 Å². The smallest absolute Gasteiger partial charge is 0.142 e. The van der Waals surface area contributed by atoms with Gasteiger partial charge in [-0.2, -0.15) is 0 Å². The van der Waals surface area contributed by atoms with E-state index in [1.165, 1.54) is 18.4 Å². The SMILES string of the molecule is Cc1ccc2c(c1)NCC1(CC1)CO2. The van der Waals surface area contributed by atoms with E-state index in [1.54, 1.807) is 0 Å². The van der Waals surface area contributed by atoms with Gasteiger partial charge in [-0.25, -0.2) is 0 Å². The molecular weight excluding hydrogens is 174 g/mol. The summed E-state index contributed by atoms with van der Waals surface area (Å²) < 4.78 is 5.82. The molecule has 1 aliphatic heterocycles. The van der Waals surface area contributed by atoms with Crippen molar-refractivity contribution in [1.82, 2.24) is 0 Å². The van der Waals surface area contributed by atoms with Gasteiger partial charge in [-0.05, 0) is 37.5 Å². The number of anilines is 1. The molecule has 0 bridgehead atoms. The van der Waals surface area contributed by atoms with Crippen LogP contribution in [0.25, 0.3) is 0 Å². The van der Waals surface area contributed by atoms with E-state index in [1.807, 2.05) is 0 Å². The van der Waals surface area contributed by atoms with Crippen LogP contribution in [0.2, 0.25) is 0 Å². The molecule has 0 atom stereocenters. The van der Waals surface area contributed by atoms with Gasteiger partial charge in [-0.15, -0.1) is 0 Å². The Bertz CT molecular complexity index is 369. The Morgan fingerprint density at radius 3 is 3.00 bits per heavy atom. The summed E-state index contributed by atoms with van der Waals surface area (Å²) in [5.41, 5.74) is 2.90. The molecule has 0 saturated heterocycles. The van der Waals surface area contributed by atoms with Crippen molar-refractivity contribution in [2.75, 3.05) is 18.5 Å². The molecule has 1 fully saturated rings. The van der Waals surface area contributed by atoms with Crippen LogP contribution in [0.4, 0.5) is 5.69 Å². The van der Waals surface area contributed by atoms with E-state index in [4.69, 9.17) is 4.74 Å². The minimum Gasteiger partial charge on any atom is -0.491 e. The molecule has 2 nitrogen and oxygen atoms in total. The average molecular weight is 189 g/mol. The van der Waals surface area contributed by atoms with E-state index < -0.39 is 0 Å². The van der Waals surface area contributed by atoms with Gasteiger partial charge in [0.05, 0.1) is 12.3 Å². The van der Waals surface area contributed by atoms with Crippen LogP contribution in [0.5, 0.6) is 5.75 Å². The maximum Gasteiger partial charge on any atom is 0.142 e. The average Bonchev–Trinajstić information content (AvgIpc) is 2.96. The Balaban J connectivity index is 1.93. The maximum atomic E-state index is 5.82. The largest absolute Gasteiger partial charge is 0.491 e. The summed E-state index contributed by atoms with van der Waals surface area (Å²) in [6, 6.07) is 6.33. The summed E-state index contributed by atoms with van der Waals surface area (Å²) in [5, 5.41) is 3.49. The molecule has 1 aliphatic carbocycles. The Kier molecular flexibility index (Phi) is 1.55. The minimum absolute atomic E-state index is 0.451. The minimum atomic E-state index is 0.451. The second kappa shape index (κ2) is 2.66. The van der Waals surface area contributed by atoms with Crippen LogP contribution in [0.3, 0.4) is 0 Å². The Morgan fingerprint density at radius 1 is 1.36 bits per heavy atom. The van der Waals surface area contributed by atoms with Crippen molar-refractivity contribution in [2.45, 2.75) is 19.8 Å². The molecule has 2 aliphatic rings. The lowest BCUT2D eigenvalue weighted by molar-refractivity contribution is 0.251. The van der Waals surface area contributed by atoms with Crippen molar-refractivity contribution in [2.24, 2.45) is 5.41 Å². The van der Waals surface area contributed by atoms with Crippen LogP contribution >= 0.6 is 0 Å². The van der Waals surface area contributed by atoms with Gasteiger partial charge in [0.1, 0.15) is 5.75 Å². The zero-order chi connectivity index (χ0) is 9.60. The Labute approximate surface area is 84.3 Å². The lowest BCUT2D eigenvalue weighted by Gasteiger charge is -2.09. The molecule has 1 saturated carbocycles. The lowest BCUT2D eigenvalue weighted by atomic mass is 10.1. The molecule has 1 aromatic rings. The maximum absolute atomic E-state index is 5.82. The van der Waals surface area contributed by atoms with Gasteiger partial charge in [-0.3, -0.25) is 0 Å². The first-order chi connectivity index (χ1) is 6.77. The molecule has 0 radical (unpaired) electrons. The number of nitrogens with one attached hydrogen (secondary N) is 1. The second-order valence-electron chi connectivity index (χ2n) is 4.64. The van der Waals surface area contributed by atoms with Gasteiger partial charge in [0.2, 0.25) is 0 Å². The van der Waals surface area contributed by atoms with Crippen molar-refractivity contribution in [3.05, 3.63) is 23.8 Å². The molecule has 1 aromatic carbocycles. The summed E-state index contributed by atoms with van der Waals surface area (Å²) in [6.45, 7) is 4.07. The van der Waals surface area contributed by atoms with E-state index in [2.05, 4.69) is 30.4 Å². The van der Waals surface area contributed by atoms with Gasteiger partial charge in [0, 0.05) is 12.0 Å². The number of ether oxygens (including phenoxy) is 1. The van der Waals surface area contributed by atoms with Crippen molar-refractivity contribution < 1.29 is 4.74 Å². The van der Waals surface area contributed by atoms with Crippen molar-refractivity contribution >= 4 is 5.69 Å². The lowest BCUT2D eigenvalue weighted by Crippen LogP contribution is -2.18. The van der Waals surface area contributed by atoms with E-state index >= 15 is 0 Å². The van der Waals surface area contributed by atoms with Crippen LogP contribution in [-0.4, -0.2) is 13.2 Å². The van der Waals surface area contributed by atoms with Gasteiger partial charge in [-0.1, -0.05) is 6.07 Å². The predicted octanol–water partition coefficient (Wildman–Crippen LogP) is 2.58. The molecular formula is C12H15NO. The molecule has 1 heterocycles. The molecule has 0 unspecified atom stereocenters. The first-order valence-corrected chi connectivity index (χ1v) is 5.25. The Hall–Kier alpha value is -1.18. The highest BCUT2D eigenvalue weighted by Crippen LogP contribution is 2.48. The molecule has 3 rings (SSSR count). The predicted molar refractivity (Wildman–Crippen MR) is 56.8 cm³/mol. The van der Waals surface area contributed by atoms with Crippen molar-refractivity contribution in [1.29, 1.82) is 0 Å². The number of rotatable bonds is 0. The molecule has 2 heteroatoms. The number of hydrogen-bond donors (Lipinski definition) is 1. The molecule has 0 aromatic heterocycles. The van der Waals surface area contributed by atoms with E-state index in [0.717, 1.165) is 24.6 Å². The summed E-state index contributed by atoms with van der Waals surface area (Å²) >= 11 is 0. The van der Waals surface area contributed by atoms with Gasteiger partial charge in [0.25, 0.3) is 0 Å². The number of benzene rings is 1. The highest BCUT2D eigenvalue weighted by atomic mass is 16.5. The van der Waals surface area contributed by atoms with E-state index in [0.29, 0.717) is 5.41 Å². The third-order valence-corrected chi connectivity index (χ3v) is 3.28. The summed E-state index contributed by atoms with van der Waals surface area (Å²) in [6.07, 6.45) is 2.62. The second-order valence-corrected chi connectivity index (χ2v) is 4.64. The normalized spacial score (nSPS) is 21.8. The zero-order valence-corrected chi connectivity index (χ0v) is 8.47. The molecule has 74 valence electrons. The fourth-order valence-corrected chi connectivity index (χ4v) is 1.97. The van der Waals surface area contributed by atoms with Crippen LogP contribution in [0.1, 0.15) is 18.4 Å². The standard InChI is InChI=1S/C12H15NO/c1-9-2-3-11-10(6-9)13-7-12(4-5-12)8-14-11/h2-3,6,13H,4-5,7-8H2,1H3. The molecule has 0 amide bonds. The quantitative estimate of drug-likeness (QED) is 0.677. The number of hydrogen-bond acceptors (Lipinski definition) is 2. The topological polar surface area (TPSA) is 21.3 Å². The van der Waals surface area contributed by atoms with Crippen molar-refractivity contribution in [3.63, 3.8) is 0 Å². The fourth-order valence-electron chi connectivity index (χ4n) is 1.97. The molecule has 14 heavy (non-hydrogen) atoms. The van der Waals surface area contributed by atoms with Crippen LogP contribution in [0.15, 0.2) is 18.2 Å². The van der Waals surface area contributed by atoms with Gasteiger partial charge >= 0.3 is 0 Å². The zero-order valence-electron chi connectivity index (χ0n) is 8.47. The third kappa shape index (κ3) is 1.26. The summed E-state index contributed by atoms with van der Waals surface area (Å²) in [5.74, 6) is 1.01.